The fraction of sp³-hybridized carbons (Fsp3) is 0.389. The minimum absolute atomic E-state index is 0.116. The first-order valence-electron chi connectivity index (χ1n) is 7.26. The third kappa shape index (κ3) is 4.38. The van der Waals surface area contributed by atoms with Crippen molar-refractivity contribution < 1.29 is 15.0 Å². The number of aromatic hydroxyl groups is 2. The van der Waals surface area contributed by atoms with Crippen molar-refractivity contribution in [1.82, 2.24) is 0 Å². The van der Waals surface area contributed by atoms with Gasteiger partial charge in [0.15, 0.2) is 6.29 Å². The predicted molar refractivity (Wildman–Crippen MR) is 91.0 cm³/mol. The van der Waals surface area contributed by atoms with E-state index in [1.807, 2.05) is 13.0 Å². The van der Waals surface area contributed by atoms with Crippen LogP contribution in [0.5, 0.6) is 11.5 Å². The molecule has 0 fully saturated rings. The molecule has 1 rings (SSSR count). The molecule has 0 aliphatic rings. The maximum absolute atomic E-state index is 11.1. The van der Waals surface area contributed by atoms with Crippen LogP contribution in [0.15, 0.2) is 23.3 Å². The van der Waals surface area contributed by atoms with Crippen LogP contribution in [0.2, 0.25) is 5.02 Å². The molecule has 3 nitrogen and oxygen atoms in total. The molecule has 120 valence electrons. The maximum atomic E-state index is 11.1. The lowest BCUT2D eigenvalue weighted by atomic mass is 9.99. The molecule has 0 heterocycles. The fourth-order valence-corrected chi connectivity index (χ4v) is 2.40. The molecular formula is C18H23ClO3. The van der Waals surface area contributed by atoms with Crippen LogP contribution in [0.1, 0.15) is 55.1 Å². The molecule has 0 spiro atoms. The first kappa shape index (κ1) is 18.3. The van der Waals surface area contributed by atoms with E-state index in [0.717, 1.165) is 18.4 Å². The van der Waals surface area contributed by atoms with E-state index in [1.54, 1.807) is 6.92 Å². The summed E-state index contributed by atoms with van der Waals surface area (Å²) >= 11 is 6.02. The quantitative estimate of drug-likeness (QED) is 0.565. The number of aldehydes is 1. The van der Waals surface area contributed by atoms with E-state index in [4.69, 9.17) is 11.6 Å². The number of hydrogen-bond donors (Lipinski definition) is 2. The van der Waals surface area contributed by atoms with Crippen LogP contribution in [0.25, 0.3) is 0 Å². The summed E-state index contributed by atoms with van der Waals surface area (Å²) in [6.07, 6.45) is 6.86. The Morgan fingerprint density at radius 2 is 1.77 bits per heavy atom. The largest absolute Gasteiger partial charge is 0.507 e. The summed E-state index contributed by atoms with van der Waals surface area (Å²) in [5.41, 5.74) is 3.25. The molecule has 0 unspecified atom stereocenters. The van der Waals surface area contributed by atoms with Crippen molar-refractivity contribution in [3.8, 4) is 11.5 Å². The normalized spacial score (nSPS) is 11.4. The number of rotatable bonds is 6. The highest BCUT2D eigenvalue weighted by Crippen LogP contribution is 2.40. The van der Waals surface area contributed by atoms with Gasteiger partial charge in [0.1, 0.15) is 11.5 Å². The number of phenolic OH excluding ortho intramolecular Hbond substituents is 2. The minimum Gasteiger partial charge on any atom is -0.507 e. The molecule has 0 aliphatic carbocycles. The van der Waals surface area contributed by atoms with Crippen molar-refractivity contribution in [3.63, 3.8) is 0 Å². The molecule has 1 aromatic rings. The van der Waals surface area contributed by atoms with E-state index in [-0.39, 0.29) is 22.1 Å². The zero-order valence-electron chi connectivity index (χ0n) is 13.5. The molecule has 0 amide bonds. The van der Waals surface area contributed by atoms with Crippen molar-refractivity contribution in [1.29, 1.82) is 0 Å². The Kier molecular flexibility index (Phi) is 6.69. The van der Waals surface area contributed by atoms with Crippen LogP contribution in [-0.2, 0) is 6.42 Å². The molecule has 2 N–H and O–H groups in total. The third-order valence-electron chi connectivity index (χ3n) is 3.63. The van der Waals surface area contributed by atoms with Crippen molar-refractivity contribution in [2.24, 2.45) is 0 Å². The molecule has 0 saturated carbocycles. The van der Waals surface area contributed by atoms with E-state index in [2.05, 4.69) is 19.9 Å². The van der Waals surface area contributed by atoms with Gasteiger partial charge in [0.05, 0.1) is 10.6 Å². The molecule has 4 heteroatoms. The van der Waals surface area contributed by atoms with Crippen molar-refractivity contribution >= 4 is 17.9 Å². The molecule has 0 bridgehead atoms. The van der Waals surface area contributed by atoms with Gasteiger partial charge in [0, 0.05) is 5.56 Å². The van der Waals surface area contributed by atoms with Gasteiger partial charge in [-0.15, -0.1) is 0 Å². The summed E-state index contributed by atoms with van der Waals surface area (Å²) < 4.78 is 0. The second-order valence-corrected chi connectivity index (χ2v) is 6.10. The molecular weight excluding hydrogens is 300 g/mol. The van der Waals surface area contributed by atoms with Gasteiger partial charge in [0.2, 0.25) is 0 Å². The fourth-order valence-electron chi connectivity index (χ4n) is 2.19. The topological polar surface area (TPSA) is 57.5 Å². The predicted octanol–water partition coefficient (Wildman–Crippen LogP) is 5.11. The van der Waals surface area contributed by atoms with Crippen molar-refractivity contribution in [3.05, 3.63) is 45.0 Å². The summed E-state index contributed by atoms with van der Waals surface area (Å²) in [5, 5.41) is 20.4. The second-order valence-electron chi connectivity index (χ2n) is 5.72. The van der Waals surface area contributed by atoms with Crippen LogP contribution in [0, 0.1) is 6.92 Å². The van der Waals surface area contributed by atoms with Crippen LogP contribution in [-0.4, -0.2) is 16.5 Å². The average molecular weight is 323 g/mol. The standard InChI is InChI=1S/C18H23ClO3/c1-11(2)6-5-7-12(3)8-9-14-17(21)15(10-20)13(4)16(19)18(14)22/h6,8,10,21-22H,5,7,9H2,1-4H3. The second kappa shape index (κ2) is 8.04. The molecule has 1 aromatic carbocycles. The average Bonchev–Trinajstić information content (AvgIpc) is 2.45. The Morgan fingerprint density at radius 1 is 1.14 bits per heavy atom. The summed E-state index contributed by atoms with van der Waals surface area (Å²) in [4.78, 5) is 11.1. The van der Waals surface area contributed by atoms with Gasteiger partial charge in [-0.2, -0.15) is 0 Å². The van der Waals surface area contributed by atoms with Gasteiger partial charge < -0.3 is 10.2 Å². The monoisotopic (exact) mass is 322 g/mol. The first-order valence-corrected chi connectivity index (χ1v) is 7.64. The Balaban J connectivity index is 3.01. The number of carbonyl (C=O) groups is 1. The number of carbonyl (C=O) groups excluding carboxylic acids is 1. The van der Waals surface area contributed by atoms with E-state index in [0.29, 0.717) is 23.8 Å². The molecule has 0 aromatic heterocycles. The smallest absolute Gasteiger partial charge is 0.154 e. The molecule has 22 heavy (non-hydrogen) atoms. The lowest BCUT2D eigenvalue weighted by Gasteiger charge is -2.13. The molecule has 0 atom stereocenters. The molecule has 0 radical (unpaired) electrons. The first-order chi connectivity index (χ1) is 10.3. The number of phenols is 2. The number of hydrogen-bond acceptors (Lipinski definition) is 3. The van der Waals surface area contributed by atoms with Crippen molar-refractivity contribution in [2.45, 2.75) is 47.0 Å². The van der Waals surface area contributed by atoms with Gasteiger partial charge in [-0.05, 0) is 52.5 Å². The van der Waals surface area contributed by atoms with Gasteiger partial charge in [-0.3, -0.25) is 4.79 Å². The summed E-state index contributed by atoms with van der Waals surface area (Å²) in [6, 6.07) is 0. The highest BCUT2D eigenvalue weighted by atomic mass is 35.5. The lowest BCUT2D eigenvalue weighted by molar-refractivity contribution is 0.112. The van der Waals surface area contributed by atoms with Gasteiger partial charge in [-0.25, -0.2) is 0 Å². The zero-order chi connectivity index (χ0) is 16.9. The van der Waals surface area contributed by atoms with Gasteiger partial charge in [0.25, 0.3) is 0 Å². The number of benzene rings is 1. The minimum atomic E-state index is -0.192. The Morgan fingerprint density at radius 3 is 2.32 bits per heavy atom. The SMILES string of the molecule is CC(C)=CCCC(C)=CCc1c(O)c(Cl)c(C)c(C=O)c1O. The zero-order valence-corrected chi connectivity index (χ0v) is 14.3. The molecule has 0 saturated heterocycles. The van der Waals surface area contributed by atoms with Gasteiger partial charge >= 0.3 is 0 Å². The summed E-state index contributed by atoms with van der Waals surface area (Å²) in [7, 11) is 0. The van der Waals surface area contributed by atoms with Crippen molar-refractivity contribution in [2.75, 3.05) is 0 Å². The Hall–Kier alpha value is -1.74. The highest BCUT2D eigenvalue weighted by Gasteiger charge is 2.19. The van der Waals surface area contributed by atoms with Gasteiger partial charge in [-0.1, -0.05) is 34.9 Å². The number of allylic oxidation sites excluding steroid dienone is 4. The van der Waals surface area contributed by atoms with E-state index < -0.39 is 0 Å². The van der Waals surface area contributed by atoms with E-state index in [9.17, 15) is 15.0 Å². The van der Waals surface area contributed by atoms with E-state index >= 15 is 0 Å². The Bertz CT molecular complexity index is 624. The molecule has 0 aliphatic heterocycles. The Labute approximate surface area is 136 Å². The van der Waals surface area contributed by atoms with Crippen LogP contribution >= 0.6 is 11.6 Å². The van der Waals surface area contributed by atoms with Crippen LogP contribution < -0.4 is 0 Å². The summed E-state index contributed by atoms with van der Waals surface area (Å²) in [5.74, 6) is -0.349. The van der Waals surface area contributed by atoms with Crippen LogP contribution in [0.3, 0.4) is 0 Å². The maximum Gasteiger partial charge on any atom is 0.154 e. The highest BCUT2D eigenvalue weighted by molar-refractivity contribution is 6.33. The summed E-state index contributed by atoms with van der Waals surface area (Å²) in [6.45, 7) is 7.72. The lowest BCUT2D eigenvalue weighted by Crippen LogP contribution is -1.96. The van der Waals surface area contributed by atoms with E-state index in [1.165, 1.54) is 5.57 Å². The van der Waals surface area contributed by atoms with Crippen LogP contribution in [0.4, 0.5) is 0 Å². The number of halogens is 1. The third-order valence-corrected chi connectivity index (χ3v) is 4.09.